The maximum absolute atomic E-state index is 11.7. The standard InChI is InChI=1S/C38H46N4O2/c1-3-21-19-41-13-9-23(21)17-29(41)36-26(11-15-41)25-5-7-32(44)35(38(25)40-36)34-31(43)8-6-28-33(34)27-12-16-42-14-10-24(22(4-2)20-42)18-30(42)37(27)39-28/h5-8,21-24,29-30,39-40H,3-4,9-20H2,1-2H3/p+2/t21-,22-,23-,24-,29-,30-,41?,42?/m0/s1. The van der Waals surface area contributed by atoms with Crippen LogP contribution in [0.25, 0.3) is 32.9 Å². The minimum absolute atomic E-state index is 0.264. The number of H-pyrrole nitrogens is 2. The van der Waals surface area contributed by atoms with E-state index in [-0.39, 0.29) is 11.5 Å². The molecule has 2 aromatic carbocycles. The van der Waals surface area contributed by atoms with E-state index in [1.807, 2.05) is 12.1 Å². The smallest absolute Gasteiger partial charge is 0.130 e. The molecule has 2 unspecified atom stereocenters. The van der Waals surface area contributed by atoms with E-state index in [1.54, 1.807) is 0 Å². The normalized spacial score (nSPS) is 36.8. The van der Waals surface area contributed by atoms with Crippen molar-refractivity contribution in [1.82, 2.24) is 9.97 Å². The summed E-state index contributed by atoms with van der Waals surface area (Å²) >= 11 is 0. The van der Waals surface area contributed by atoms with Crippen molar-refractivity contribution in [3.8, 4) is 22.6 Å². The molecule has 0 aliphatic carbocycles. The number of piperidine rings is 6. The van der Waals surface area contributed by atoms with Crippen molar-refractivity contribution < 1.29 is 19.2 Å². The van der Waals surface area contributed by atoms with E-state index in [9.17, 15) is 10.2 Å². The SMILES string of the molecule is CC[C@H]1C[N+]23CCc4c([nH]c5c(-c6c(O)ccc7[nH]c8c(c67)CC[N+]67CC[C@@H](C[C@@H]86)[C@@H](CC)C7)c(O)ccc45)[C@@H]2C[C@@H]1CC3. The van der Waals surface area contributed by atoms with Crippen LogP contribution in [0.4, 0.5) is 0 Å². The van der Waals surface area contributed by atoms with Gasteiger partial charge in [0.15, 0.2) is 0 Å². The zero-order chi connectivity index (χ0) is 29.5. The molecule has 10 heterocycles. The lowest BCUT2D eigenvalue weighted by Gasteiger charge is -2.59. The zero-order valence-corrected chi connectivity index (χ0v) is 26.5. The number of aromatic nitrogens is 2. The summed E-state index contributed by atoms with van der Waals surface area (Å²) in [5, 5.41) is 25.7. The van der Waals surface area contributed by atoms with Crippen molar-refractivity contribution in [3.63, 3.8) is 0 Å². The number of hydrogen-bond acceptors (Lipinski definition) is 2. The van der Waals surface area contributed by atoms with Crippen LogP contribution in [-0.2, 0) is 12.8 Å². The van der Waals surface area contributed by atoms with E-state index >= 15 is 0 Å². The van der Waals surface area contributed by atoms with Crippen molar-refractivity contribution in [1.29, 1.82) is 0 Å². The quantitative estimate of drug-likeness (QED) is 0.187. The molecule has 4 N–H and O–H groups in total. The minimum atomic E-state index is 0.264. The molecule has 4 aromatic rings. The van der Waals surface area contributed by atoms with E-state index in [1.165, 1.54) is 115 Å². The fourth-order valence-electron chi connectivity index (χ4n) is 12.3. The van der Waals surface area contributed by atoms with Crippen molar-refractivity contribution in [2.45, 2.75) is 77.3 Å². The predicted molar refractivity (Wildman–Crippen MR) is 175 cm³/mol. The maximum atomic E-state index is 11.7. The molecular weight excluding hydrogens is 544 g/mol. The van der Waals surface area contributed by atoms with Crippen LogP contribution in [0.5, 0.6) is 11.5 Å². The zero-order valence-electron chi connectivity index (χ0n) is 26.5. The van der Waals surface area contributed by atoms with Crippen LogP contribution in [0.15, 0.2) is 24.3 Å². The third-order valence-corrected chi connectivity index (χ3v) is 14.5. The van der Waals surface area contributed by atoms with Crippen molar-refractivity contribution in [3.05, 3.63) is 46.8 Å². The largest absolute Gasteiger partial charge is 0.507 e. The van der Waals surface area contributed by atoms with Gasteiger partial charge in [0.25, 0.3) is 0 Å². The number of quaternary nitrogens is 2. The monoisotopic (exact) mass is 592 g/mol. The maximum Gasteiger partial charge on any atom is 0.130 e. The molecule has 4 bridgehead atoms. The lowest BCUT2D eigenvalue weighted by molar-refractivity contribution is -0.978. The Hall–Kier alpha value is -2.96. The molecule has 6 saturated heterocycles. The number of nitrogens with zero attached hydrogens (tertiary/aromatic N) is 2. The molecule has 12 rings (SSSR count). The van der Waals surface area contributed by atoms with Crippen LogP contribution in [-0.4, -0.2) is 68.4 Å². The first-order valence-corrected chi connectivity index (χ1v) is 17.9. The first-order valence-electron chi connectivity index (χ1n) is 17.9. The summed E-state index contributed by atoms with van der Waals surface area (Å²) in [6.07, 6.45) is 10.1. The van der Waals surface area contributed by atoms with E-state index < -0.39 is 0 Å². The molecule has 230 valence electrons. The van der Waals surface area contributed by atoms with Crippen LogP contribution in [0.1, 0.15) is 87.0 Å². The number of benzene rings is 2. The predicted octanol–water partition coefficient (Wildman–Crippen LogP) is 7.46. The highest BCUT2D eigenvalue weighted by Crippen LogP contribution is 2.57. The van der Waals surface area contributed by atoms with Gasteiger partial charge in [-0.15, -0.1) is 0 Å². The molecule has 6 heteroatoms. The number of rotatable bonds is 3. The van der Waals surface area contributed by atoms with Gasteiger partial charge in [0.2, 0.25) is 0 Å². The van der Waals surface area contributed by atoms with Gasteiger partial charge in [-0.3, -0.25) is 0 Å². The summed E-state index contributed by atoms with van der Waals surface area (Å²) in [7, 11) is 0. The lowest BCUT2D eigenvalue weighted by atomic mass is 9.69. The Kier molecular flexibility index (Phi) is 5.29. The summed E-state index contributed by atoms with van der Waals surface area (Å²) < 4.78 is 2.51. The number of nitrogens with one attached hydrogen (secondary N) is 2. The van der Waals surface area contributed by atoms with Crippen molar-refractivity contribution in [2.75, 3.05) is 39.3 Å². The molecule has 8 aliphatic rings. The Morgan fingerprint density at radius 1 is 0.705 bits per heavy atom. The third-order valence-electron chi connectivity index (χ3n) is 14.5. The molecule has 0 saturated carbocycles. The van der Waals surface area contributed by atoms with E-state index in [0.29, 0.717) is 12.1 Å². The van der Waals surface area contributed by atoms with Gasteiger partial charge in [-0.1, -0.05) is 13.8 Å². The summed E-state index contributed by atoms with van der Waals surface area (Å²) in [4.78, 5) is 7.90. The third kappa shape index (κ3) is 3.19. The molecule has 2 spiro atoms. The molecule has 44 heavy (non-hydrogen) atoms. The number of aromatic amines is 2. The highest BCUT2D eigenvalue weighted by atomic mass is 16.3. The summed E-state index contributed by atoms with van der Waals surface area (Å²) in [6.45, 7) is 12.5. The van der Waals surface area contributed by atoms with Crippen LogP contribution in [0, 0.1) is 23.7 Å². The molecule has 0 radical (unpaired) electrons. The van der Waals surface area contributed by atoms with Crippen LogP contribution in [0.2, 0.25) is 0 Å². The topological polar surface area (TPSA) is 72.0 Å². The molecule has 8 atom stereocenters. The molecule has 8 aliphatic heterocycles. The minimum Gasteiger partial charge on any atom is -0.507 e. The molecule has 0 amide bonds. The average molecular weight is 593 g/mol. The van der Waals surface area contributed by atoms with Gasteiger partial charge in [0.1, 0.15) is 23.6 Å². The highest BCUT2D eigenvalue weighted by Gasteiger charge is 2.56. The Morgan fingerprint density at radius 3 is 1.95 bits per heavy atom. The summed E-state index contributed by atoms with van der Waals surface area (Å²) in [5.41, 5.74) is 9.42. The van der Waals surface area contributed by atoms with Gasteiger partial charge < -0.3 is 29.1 Å². The van der Waals surface area contributed by atoms with Gasteiger partial charge in [0.05, 0.1) is 61.7 Å². The van der Waals surface area contributed by atoms with Gasteiger partial charge in [-0.05, 0) is 60.1 Å². The van der Waals surface area contributed by atoms with Crippen LogP contribution >= 0.6 is 0 Å². The van der Waals surface area contributed by atoms with Gasteiger partial charge in [0, 0.05) is 72.2 Å². The second-order valence-electron chi connectivity index (χ2n) is 15.9. The molecule has 6 nitrogen and oxygen atoms in total. The number of hydrogen-bond donors (Lipinski definition) is 4. The van der Waals surface area contributed by atoms with Crippen molar-refractivity contribution in [2.24, 2.45) is 23.7 Å². The Morgan fingerprint density at radius 2 is 1.30 bits per heavy atom. The Bertz CT molecular complexity index is 1850. The molecular formula is C38H48N4O2+2. The number of phenols is 2. The number of phenolic OH excluding ortho intramolecular Hbond substituents is 2. The van der Waals surface area contributed by atoms with Gasteiger partial charge in [-0.2, -0.15) is 0 Å². The van der Waals surface area contributed by atoms with Gasteiger partial charge in [-0.25, -0.2) is 0 Å². The lowest BCUT2D eigenvalue weighted by Crippen LogP contribution is -2.65. The Balaban J connectivity index is 1.15. The number of aromatic hydroxyl groups is 2. The fraction of sp³-hybridized carbons (Fsp3) is 0.579. The van der Waals surface area contributed by atoms with E-state index in [2.05, 4.69) is 35.9 Å². The molecule has 2 aromatic heterocycles. The Labute approximate surface area is 260 Å². The molecule has 6 fully saturated rings. The van der Waals surface area contributed by atoms with Gasteiger partial charge >= 0.3 is 0 Å². The van der Waals surface area contributed by atoms with Crippen LogP contribution in [0.3, 0.4) is 0 Å². The van der Waals surface area contributed by atoms with Crippen LogP contribution < -0.4 is 0 Å². The summed E-state index contributed by atoms with van der Waals surface area (Å²) in [5.74, 6) is 3.94. The number of fused-ring (bicyclic) bond motifs is 10. The van der Waals surface area contributed by atoms with E-state index in [0.717, 1.165) is 64.1 Å². The second kappa shape index (κ2) is 8.85. The average Bonchev–Trinajstić information content (AvgIpc) is 3.63. The first kappa shape index (κ1) is 26.3. The highest BCUT2D eigenvalue weighted by molar-refractivity contribution is 6.10. The van der Waals surface area contributed by atoms with Crippen molar-refractivity contribution >= 4 is 21.8 Å². The first-order chi connectivity index (χ1) is 21.4. The fourth-order valence-corrected chi connectivity index (χ4v) is 12.3. The summed E-state index contributed by atoms with van der Waals surface area (Å²) in [6, 6.07) is 9.02. The van der Waals surface area contributed by atoms with E-state index in [4.69, 9.17) is 0 Å². The second-order valence-corrected chi connectivity index (χ2v) is 15.9.